The first-order chi connectivity index (χ1) is 6.74. The van der Waals surface area contributed by atoms with Gasteiger partial charge in [-0.2, -0.15) is 0 Å². The van der Waals surface area contributed by atoms with Crippen LogP contribution in [0.4, 0.5) is 0 Å². The highest BCUT2D eigenvalue weighted by Crippen LogP contribution is 2.24. The van der Waals surface area contributed by atoms with E-state index in [4.69, 9.17) is 0 Å². The third-order valence-electron chi connectivity index (χ3n) is 2.96. The molecule has 0 aromatic heterocycles. The normalized spacial score (nSPS) is 26.4. The molecule has 1 fully saturated rings. The van der Waals surface area contributed by atoms with E-state index in [-0.39, 0.29) is 5.91 Å². The van der Waals surface area contributed by atoms with Crippen LogP contribution in [0.2, 0.25) is 0 Å². The molecule has 0 aromatic carbocycles. The minimum absolute atomic E-state index is 0.131. The summed E-state index contributed by atoms with van der Waals surface area (Å²) in [6, 6.07) is 0.558. The molecular formula is C11H22N2O. The number of hydrogen-bond donors (Lipinski definition) is 2. The fourth-order valence-corrected chi connectivity index (χ4v) is 2.00. The van der Waals surface area contributed by atoms with E-state index in [1.165, 1.54) is 19.3 Å². The van der Waals surface area contributed by atoms with E-state index in [2.05, 4.69) is 24.5 Å². The summed E-state index contributed by atoms with van der Waals surface area (Å²) < 4.78 is 0. The minimum atomic E-state index is 0.131. The first kappa shape index (κ1) is 11.5. The third kappa shape index (κ3) is 3.66. The summed E-state index contributed by atoms with van der Waals surface area (Å²) in [6.45, 7) is 5.59. The maximum Gasteiger partial charge on any atom is 0.233 e. The molecule has 1 saturated carbocycles. The van der Waals surface area contributed by atoms with Crippen molar-refractivity contribution in [2.45, 2.75) is 45.6 Å². The zero-order valence-corrected chi connectivity index (χ0v) is 9.31. The monoisotopic (exact) mass is 198 g/mol. The fraction of sp³-hybridized carbons (Fsp3) is 0.909. The van der Waals surface area contributed by atoms with Gasteiger partial charge < -0.3 is 10.6 Å². The van der Waals surface area contributed by atoms with Crippen LogP contribution >= 0.6 is 0 Å². The molecule has 0 aliphatic heterocycles. The first-order valence-corrected chi connectivity index (χ1v) is 5.74. The Morgan fingerprint density at radius 3 is 2.79 bits per heavy atom. The lowest BCUT2D eigenvalue weighted by molar-refractivity contribution is -0.120. The highest BCUT2D eigenvalue weighted by atomic mass is 16.1. The van der Waals surface area contributed by atoms with Gasteiger partial charge in [-0.15, -0.1) is 0 Å². The number of rotatable bonds is 5. The van der Waals surface area contributed by atoms with Gasteiger partial charge in [-0.05, 0) is 25.2 Å². The molecular weight excluding hydrogens is 176 g/mol. The SMILES string of the molecule is CCCNC(=O)CNC1CCCC1C. The molecule has 3 nitrogen and oxygen atoms in total. The van der Waals surface area contributed by atoms with Crippen LogP contribution in [0.5, 0.6) is 0 Å². The van der Waals surface area contributed by atoms with Crippen LogP contribution in [-0.2, 0) is 4.79 Å². The molecule has 82 valence electrons. The molecule has 0 spiro atoms. The van der Waals surface area contributed by atoms with E-state index in [1.54, 1.807) is 0 Å². The van der Waals surface area contributed by atoms with Crippen LogP contribution in [0.25, 0.3) is 0 Å². The summed E-state index contributed by atoms with van der Waals surface area (Å²) >= 11 is 0. The van der Waals surface area contributed by atoms with Gasteiger partial charge in [-0.25, -0.2) is 0 Å². The Bertz CT molecular complexity index is 182. The van der Waals surface area contributed by atoms with Gasteiger partial charge in [0, 0.05) is 12.6 Å². The number of carbonyl (C=O) groups is 1. The van der Waals surface area contributed by atoms with Crippen LogP contribution in [-0.4, -0.2) is 25.0 Å². The van der Waals surface area contributed by atoms with Crippen LogP contribution in [0.1, 0.15) is 39.5 Å². The van der Waals surface area contributed by atoms with Gasteiger partial charge >= 0.3 is 0 Å². The first-order valence-electron chi connectivity index (χ1n) is 5.74. The Hall–Kier alpha value is -0.570. The summed E-state index contributed by atoms with van der Waals surface area (Å²) in [6.07, 6.45) is 4.83. The van der Waals surface area contributed by atoms with Gasteiger partial charge in [0.05, 0.1) is 6.54 Å². The van der Waals surface area contributed by atoms with Crippen molar-refractivity contribution in [3.8, 4) is 0 Å². The van der Waals surface area contributed by atoms with Crippen molar-refractivity contribution in [2.24, 2.45) is 5.92 Å². The third-order valence-corrected chi connectivity index (χ3v) is 2.96. The maximum absolute atomic E-state index is 11.3. The predicted molar refractivity (Wildman–Crippen MR) is 58.1 cm³/mol. The second-order valence-corrected chi connectivity index (χ2v) is 4.25. The van der Waals surface area contributed by atoms with Gasteiger partial charge in [0.1, 0.15) is 0 Å². The summed E-state index contributed by atoms with van der Waals surface area (Å²) in [5.41, 5.74) is 0. The van der Waals surface area contributed by atoms with E-state index >= 15 is 0 Å². The number of carbonyl (C=O) groups excluding carboxylic acids is 1. The summed E-state index contributed by atoms with van der Waals surface area (Å²) in [5.74, 6) is 0.861. The van der Waals surface area contributed by atoms with E-state index < -0.39 is 0 Å². The molecule has 1 aliphatic carbocycles. The molecule has 2 atom stereocenters. The number of amides is 1. The zero-order valence-electron chi connectivity index (χ0n) is 9.31. The topological polar surface area (TPSA) is 41.1 Å². The van der Waals surface area contributed by atoms with Crippen molar-refractivity contribution >= 4 is 5.91 Å². The fourth-order valence-electron chi connectivity index (χ4n) is 2.00. The van der Waals surface area contributed by atoms with Gasteiger partial charge in [0.25, 0.3) is 0 Å². The molecule has 1 aliphatic rings. The number of hydrogen-bond acceptors (Lipinski definition) is 2. The molecule has 1 rings (SSSR count). The molecule has 1 amide bonds. The molecule has 0 heterocycles. The maximum atomic E-state index is 11.3. The van der Waals surface area contributed by atoms with Crippen molar-refractivity contribution in [3.05, 3.63) is 0 Å². The Morgan fingerprint density at radius 1 is 1.43 bits per heavy atom. The Balaban J connectivity index is 2.10. The van der Waals surface area contributed by atoms with Crippen LogP contribution in [0, 0.1) is 5.92 Å². The second kappa shape index (κ2) is 6.02. The summed E-state index contributed by atoms with van der Waals surface area (Å²) in [4.78, 5) is 11.3. The number of nitrogens with one attached hydrogen (secondary N) is 2. The molecule has 0 aromatic rings. The lowest BCUT2D eigenvalue weighted by Gasteiger charge is -2.16. The average molecular weight is 198 g/mol. The summed E-state index contributed by atoms with van der Waals surface area (Å²) in [5, 5.41) is 6.20. The molecule has 0 bridgehead atoms. The highest BCUT2D eigenvalue weighted by molar-refractivity contribution is 5.77. The standard InChI is InChI=1S/C11H22N2O/c1-3-7-12-11(14)8-13-10-6-4-5-9(10)2/h9-10,13H,3-8H2,1-2H3,(H,12,14). The smallest absolute Gasteiger partial charge is 0.233 e. The van der Waals surface area contributed by atoms with Gasteiger partial charge in [-0.1, -0.05) is 20.3 Å². The Kier molecular flexibility index (Phi) is 4.94. The quantitative estimate of drug-likeness (QED) is 0.699. The van der Waals surface area contributed by atoms with Crippen LogP contribution in [0.3, 0.4) is 0 Å². The van der Waals surface area contributed by atoms with E-state index in [0.29, 0.717) is 12.6 Å². The average Bonchev–Trinajstić information content (AvgIpc) is 2.58. The lowest BCUT2D eigenvalue weighted by Crippen LogP contribution is -2.40. The second-order valence-electron chi connectivity index (χ2n) is 4.25. The van der Waals surface area contributed by atoms with Crippen molar-refractivity contribution in [2.75, 3.05) is 13.1 Å². The molecule has 3 heteroatoms. The van der Waals surface area contributed by atoms with E-state index in [0.717, 1.165) is 18.9 Å². The predicted octanol–water partition coefficient (Wildman–Crippen LogP) is 1.29. The van der Waals surface area contributed by atoms with Crippen molar-refractivity contribution in [3.63, 3.8) is 0 Å². The Labute approximate surface area is 86.6 Å². The molecule has 2 unspecified atom stereocenters. The van der Waals surface area contributed by atoms with Crippen molar-refractivity contribution in [1.29, 1.82) is 0 Å². The van der Waals surface area contributed by atoms with Gasteiger partial charge in [0.15, 0.2) is 0 Å². The molecule has 2 N–H and O–H groups in total. The zero-order chi connectivity index (χ0) is 10.4. The largest absolute Gasteiger partial charge is 0.355 e. The van der Waals surface area contributed by atoms with Crippen LogP contribution in [0.15, 0.2) is 0 Å². The molecule has 0 radical (unpaired) electrons. The minimum Gasteiger partial charge on any atom is -0.355 e. The van der Waals surface area contributed by atoms with Gasteiger partial charge in [-0.3, -0.25) is 4.79 Å². The van der Waals surface area contributed by atoms with Crippen molar-refractivity contribution in [1.82, 2.24) is 10.6 Å². The lowest BCUT2D eigenvalue weighted by atomic mass is 10.1. The van der Waals surface area contributed by atoms with Crippen LogP contribution < -0.4 is 10.6 Å². The molecule has 0 saturated heterocycles. The van der Waals surface area contributed by atoms with E-state index in [9.17, 15) is 4.79 Å². The van der Waals surface area contributed by atoms with E-state index in [1.807, 2.05) is 0 Å². The Morgan fingerprint density at radius 2 is 2.21 bits per heavy atom. The van der Waals surface area contributed by atoms with Gasteiger partial charge in [0.2, 0.25) is 5.91 Å². The molecule has 14 heavy (non-hydrogen) atoms. The summed E-state index contributed by atoms with van der Waals surface area (Å²) in [7, 11) is 0. The highest BCUT2D eigenvalue weighted by Gasteiger charge is 2.22. The van der Waals surface area contributed by atoms with Crippen molar-refractivity contribution < 1.29 is 4.79 Å².